The average molecular weight is 191 g/mol. The summed E-state index contributed by atoms with van der Waals surface area (Å²) in [5.41, 5.74) is -0.548. The van der Waals surface area contributed by atoms with Crippen molar-refractivity contribution in [1.29, 1.82) is 0 Å². The smallest absolute Gasteiger partial charge is 0.258 e. The Morgan fingerprint density at radius 3 is 1.69 bits per heavy atom. The van der Waals surface area contributed by atoms with Crippen molar-refractivity contribution in [1.82, 2.24) is 0 Å². The molecular formula is C6H4N2NaO4. The summed E-state index contributed by atoms with van der Waals surface area (Å²) >= 11 is 0. The predicted molar refractivity (Wildman–Crippen MR) is 45.5 cm³/mol. The van der Waals surface area contributed by atoms with E-state index in [0.717, 1.165) is 6.07 Å². The van der Waals surface area contributed by atoms with Crippen molar-refractivity contribution in [2.24, 2.45) is 0 Å². The van der Waals surface area contributed by atoms with Crippen LogP contribution in [0.25, 0.3) is 0 Å². The number of rotatable bonds is 2. The Hall–Kier alpha value is -0.980. The zero-order valence-corrected chi connectivity index (χ0v) is 8.84. The topological polar surface area (TPSA) is 86.3 Å². The molecule has 0 saturated heterocycles. The zero-order valence-electron chi connectivity index (χ0n) is 6.84. The van der Waals surface area contributed by atoms with Crippen molar-refractivity contribution < 1.29 is 9.85 Å². The Morgan fingerprint density at radius 2 is 1.38 bits per heavy atom. The molecule has 0 atom stereocenters. The van der Waals surface area contributed by atoms with Crippen LogP contribution < -0.4 is 0 Å². The van der Waals surface area contributed by atoms with Crippen LogP contribution in [-0.4, -0.2) is 39.4 Å². The van der Waals surface area contributed by atoms with Crippen molar-refractivity contribution in [3.63, 3.8) is 0 Å². The number of nitrogens with zero attached hydrogens (tertiary/aromatic N) is 2. The van der Waals surface area contributed by atoms with Gasteiger partial charge in [0.2, 0.25) is 0 Å². The number of nitro groups is 2. The van der Waals surface area contributed by atoms with Gasteiger partial charge in [0.1, 0.15) is 0 Å². The molecule has 0 saturated carbocycles. The normalized spacial score (nSPS) is 8.62. The standard InChI is InChI=1S/C6H4N2O4.Na/c9-7(10)5-2-1-3-6(4-5)8(11)12;/h1-4H;. The quantitative estimate of drug-likeness (QED) is 0.398. The molecule has 0 N–H and O–H groups in total. The number of hydrogen-bond donors (Lipinski definition) is 0. The molecule has 0 unspecified atom stereocenters. The van der Waals surface area contributed by atoms with Gasteiger partial charge in [0, 0.05) is 41.7 Å². The van der Waals surface area contributed by atoms with E-state index in [0.29, 0.717) is 0 Å². The van der Waals surface area contributed by atoms with Gasteiger partial charge in [-0.2, -0.15) is 0 Å². The summed E-state index contributed by atoms with van der Waals surface area (Å²) in [7, 11) is 0. The molecule has 63 valence electrons. The number of hydrogen-bond acceptors (Lipinski definition) is 4. The van der Waals surface area contributed by atoms with Gasteiger partial charge < -0.3 is 0 Å². The molecule has 1 rings (SSSR count). The second-order valence-electron chi connectivity index (χ2n) is 2.03. The van der Waals surface area contributed by atoms with E-state index in [2.05, 4.69) is 0 Å². The molecule has 0 aliphatic heterocycles. The first-order chi connectivity index (χ1) is 5.61. The van der Waals surface area contributed by atoms with Crippen LogP contribution >= 0.6 is 0 Å². The summed E-state index contributed by atoms with van der Waals surface area (Å²) in [5.74, 6) is 0. The monoisotopic (exact) mass is 191 g/mol. The minimum Gasteiger partial charge on any atom is -0.258 e. The van der Waals surface area contributed by atoms with Crippen molar-refractivity contribution in [3.05, 3.63) is 44.5 Å². The van der Waals surface area contributed by atoms with E-state index in [1.165, 1.54) is 18.2 Å². The molecule has 0 spiro atoms. The maximum absolute atomic E-state index is 10.2. The Morgan fingerprint density at radius 1 is 1.00 bits per heavy atom. The first-order valence-electron chi connectivity index (χ1n) is 3.00. The average Bonchev–Trinajstić information content (AvgIpc) is 2.04. The van der Waals surface area contributed by atoms with Crippen LogP contribution in [0.3, 0.4) is 0 Å². The molecule has 0 bridgehead atoms. The molecule has 1 radical (unpaired) electrons. The van der Waals surface area contributed by atoms with Crippen molar-refractivity contribution in [2.45, 2.75) is 0 Å². The Labute approximate surface area is 95.2 Å². The second kappa shape index (κ2) is 4.90. The third-order valence-corrected chi connectivity index (χ3v) is 1.25. The van der Waals surface area contributed by atoms with E-state index in [9.17, 15) is 20.2 Å². The first kappa shape index (κ1) is 12.0. The van der Waals surface area contributed by atoms with Crippen molar-refractivity contribution in [3.8, 4) is 0 Å². The zero-order chi connectivity index (χ0) is 9.14. The van der Waals surface area contributed by atoms with Crippen molar-refractivity contribution in [2.75, 3.05) is 0 Å². The van der Waals surface area contributed by atoms with Crippen LogP contribution in [0.2, 0.25) is 0 Å². The van der Waals surface area contributed by atoms with Crippen LogP contribution in [0.4, 0.5) is 11.4 Å². The molecular weight excluding hydrogens is 187 g/mol. The van der Waals surface area contributed by atoms with Crippen LogP contribution in [-0.2, 0) is 0 Å². The Kier molecular flexibility index (Phi) is 4.53. The van der Waals surface area contributed by atoms with E-state index < -0.39 is 9.85 Å². The van der Waals surface area contributed by atoms with Gasteiger partial charge in [0.15, 0.2) is 0 Å². The van der Waals surface area contributed by atoms with Gasteiger partial charge in [-0.3, -0.25) is 20.2 Å². The summed E-state index contributed by atoms with van der Waals surface area (Å²) < 4.78 is 0. The molecule has 0 fully saturated rings. The van der Waals surface area contributed by atoms with Gasteiger partial charge in [-0.25, -0.2) is 0 Å². The molecule has 6 nitrogen and oxygen atoms in total. The number of non-ortho nitro benzene ring substituents is 2. The van der Waals surface area contributed by atoms with Gasteiger partial charge in [-0.15, -0.1) is 0 Å². The predicted octanol–water partition coefficient (Wildman–Crippen LogP) is 1.12. The molecule has 13 heavy (non-hydrogen) atoms. The maximum atomic E-state index is 10.2. The minimum absolute atomic E-state index is 0. The molecule has 1 aromatic rings. The van der Waals surface area contributed by atoms with Crippen LogP contribution in [0.15, 0.2) is 24.3 Å². The third kappa shape index (κ3) is 3.10. The van der Waals surface area contributed by atoms with Gasteiger partial charge >= 0.3 is 0 Å². The molecule has 1 aromatic carbocycles. The van der Waals surface area contributed by atoms with Crippen molar-refractivity contribution >= 4 is 40.9 Å². The fourth-order valence-electron chi connectivity index (χ4n) is 0.720. The third-order valence-electron chi connectivity index (χ3n) is 1.25. The van der Waals surface area contributed by atoms with Gasteiger partial charge in [0.25, 0.3) is 11.4 Å². The van der Waals surface area contributed by atoms with E-state index in [4.69, 9.17) is 0 Å². The van der Waals surface area contributed by atoms with Gasteiger partial charge in [0.05, 0.1) is 15.9 Å². The molecule has 0 heterocycles. The molecule has 0 amide bonds. The van der Waals surface area contributed by atoms with E-state index in [1.54, 1.807) is 0 Å². The summed E-state index contributed by atoms with van der Waals surface area (Å²) in [5, 5.41) is 20.3. The summed E-state index contributed by atoms with van der Waals surface area (Å²) in [6.45, 7) is 0. The summed E-state index contributed by atoms with van der Waals surface area (Å²) in [4.78, 5) is 19.0. The summed E-state index contributed by atoms with van der Waals surface area (Å²) in [6.07, 6.45) is 0. The molecule has 0 aliphatic carbocycles. The van der Waals surface area contributed by atoms with Crippen LogP contribution in [0, 0.1) is 20.2 Å². The molecule has 0 aliphatic rings. The molecule has 7 heteroatoms. The molecule has 0 aromatic heterocycles. The Bertz CT molecular complexity index is 312. The number of nitro benzene ring substituents is 2. The van der Waals surface area contributed by atoms with E-state index in [-0.39, 0.29) is 40.9 Å². The number of benzene rings is 1. The largest absolute Gasteiger partial charge is 0.276 e. The Balaban J connectivity index is 0.00000144. The van der Waals surface area contributed by atoms with Crippen LogP contribution in [0.1, 0.15) is 0 Å². The van der Waals surface area contributed by atoms with Gasteiger partial charge in [-0.05, 0) is 6.07 Å². The van der Waals surface area contributed by atoms with E-state index in [1.807, 2.05) is 0 Å². The fourth-order valence-corrected chi connectivity index (χ4v) is 0.720. The first-order valence-corrected chi connectivity index (χ1v) is 3.00. The van der Waals surface area contributed by atoms with Crippen LogP contribution in [0.5, 0.6) is 0 Å². The SMILES string of the molecule is O=[N+]([O-])c1cccc([N+](=O)[O-])c1.[Na]. The van der Waals surface area contributed by atoms with Gasteiger partial charge in [-0.1, -0.05) is 0 Å². The maximum Gasteiger partial charge on any atom is 0.276 e. The fraction of sp³-hybridized carbons (Fsp3) is 0. The summed E-state index contributed by atoms with van der Waals surface area (Å²) in [6, 6.07) is 4.59. The second-order valence-corrected chi connectivity index (χ2v) is 2.03. The van der Waals surface area contributed by atoms with E-state index >= 15 is 0 Å². The minimum atomic E-state index is -0.674.